The van der Waals surface area contributed by atoms with Crippen LogP contribution in [0.5, 0.6) is 0 Å². The third-order valence-corrected chi connectivity index (χ3v) is 11.2. The maximum Gasteiger partial charge on any atom is 0.115 e. The summed E-state index contributed by atoms with van der Waals surface area (Å²) in [5.74, 6) is 0. The predicted octanol–water partition coefficient (Wildman–Crippen LogP) is 14.4. The lowest BCUT2D eigenvalue weighted by Gasteiger charge is -2.26. The van der Waals surface area contributed by atoms with E-state index in [0.29, 0.717) is 0 Å². The first kappa shape index (κ1) is 33.5. The molecule has 0 fully saturated rings. The summed E-state index contributed by atoms with van der Waals surface area (Å²) in [5.41, 5.74) is 12.7. The van der Waals surface area contributed by atoms with Crippen molar-refractivity contribution in [2.75, 3.05) is 4.90 Å². The Labute approximate surface area is 336 Å². The molecule has 0 saturated carbocycles. The SMILES string of the molecule is c1ccc(-c2cccc(N(c3cccc(-c4ccccc4)c3)c3ccc4nn(-c5ccc(-c6cc7c8ccccc8ccc7c7ccccc67)cc5)nc4c3)c2)cc1. The Balaban J connectivity index is 0.985. The van der Waals surface area contributed by atoms with Crippen LogP contribution in [0.1, 0.15) is 0 Å². The van der Waals surface area contributed by atoms with Crippen molar-refractivity contribution in [1.29, 1.82) is 0 Å². The average molecular weight is 741 g/mol. The van der Waals surface area contributed by atoms with Crippen molar-refractivity contribution in [3.63, 3.8) is 0 Å². The summed E-state index contributed by atoms with van der Waals surface area (Å²) in [7, 11) is 0. The van der Waals surface area contributed by atoms with E-state index in [-0.39, 0.29) is 0 Å². The number of aromatic nitrogens is 3. The lowest BCUT2D eigenvalue weighted by Crippen LogP contribution is -2.10. The van der Waals surface area contributed by atoms with Gasteiger partial charge >= 0.3 is 0 Å². The van der Waals surface area contributed by atoms with E-state index in [4.69, 9.17) is 10.2 Å². The molecule has 0 aliphatic heterocycles. The zero-order chi connectivity index (χ0) is 38.4. The van der Waals surface area contributed by atoms with Crippen LogP contribution in [0.2, 0.25) is 0 Å². The largest absolute Gasteiger partial charge is 0.310 e. The zero-order valence-corrected chi connectivity index (χ0v) is 31.6. The van der Waals surface area contributed by atoms with Crippen molar-refractivity contribution in [3.8, 4) is 39.1 Å². The number of nitrogens with zero attached hydrogens (tertiary/aromatic N) is 4. The normalized spacial score (nSPS) is 11.4. The summed E-state index contributed by atoms with van der Waals surface area (Å²) >= 11 is 0. The molecule has 58 heavy (non-hydrogen) atoms. The van der Waals surface area contributed by atoms with Gasteiger partial charge < -0.3 is 4.90 Å². The molecule has 0 aliphatic rings. The van der Waals surface area contributed by atoms with Crippen LogP contribution < -0.4 is 4.90 Å². The zero-order valence-electron chi connectivity index (χ0n) is 31.6. The molecule has 4 nitrogen and oxygen atoms in total. The fourth-order valence-electron chi connectivity index (χ4n) is 8.39. The smallest absolute Gasteiger partial charge is 0.115 e. The van der Waals surface area contributed by atoms with E-state index in [1.54, 1.807) is 4.80 Å². The van der Waals surface area contributed by atoms with Crippen molar-refractivity contribution in [1.82, 2.24) is 15.0 Å². The van der Waals surface area contributed by atoms with E-state index in [0.717, 1.165) is 50.5 Å². The lowest BCUT2D eigenvalue weighted by molar-refractivity contribution is 0.766. The molecule has 272 valence electrons. The number of anilines is 3. The second kappa shape index (κ2) is 14.0. The van der Waals surface area contributed by atoms with Crippen LogP contribution >= 0.6 is 0 Å². The van der Waals surface area contributed by atoms with Crippen molar-refractivity contribution in [3.05, 3.63) is 218 Å². The molecule has 11 aromatic rings. The second-order valence-corrected chi connectivity index (χ2v) is 14.7. The molecular weight excluding hydrogens is 705 g/mol. The molecule has 11 rings (SSSR count). The van der Waals surface area contributed by atoms with E-state index in [2.05, 4.69) is 223 Å². The maximum atomic E-state index is 5.05. The Morgan fingerprint density at radius 2 is 0.862 bits per heavy atom. The average Bonchev–Trinajstić information content (AvgIpc) is 3.73. The first-order chi connectivity index (χ1) is 28.7. The van der Waals surface area contributed by atoms with E-state index in [1.165, 1.54) is 49.0 Å². The second-order valence-electron chi connectivity index (χ2n) is 14.7. The van der Waals surface area contributed by atoms with Gasteiger partial charge in [-0.15, -0.1) is 10.2 Å². The number of benzene rings is 10. The van der Waals surface area contributed by atoms with Crippen molar-refractivity contribution >= 4 is 60.4 Å². The van der Waals surface area contributed by atoms with Crippen LogP contribution in [0.15, 0.2) is 218 Å². The summed E-state index contributed by atoms with van der Waals surface area (Å²) in [5, 5.41) is 17.5. The maximum absolute atomic E-state index is 5.05. The number of rotatable bonds is 7. The van der Waals surface area contributed by atoms with Gasteiger partial charge in [-0.05, 0) is 126 Å². The van der Waals surface area contributed by atoms with Crippen molar-refractivity contribution in [2.45, 2.75) is 0 Å². The summed E-state index contributed by atoms with van der Waals surface area (Å²) in [6.45, 7) is 0. The van der Waals surface area contributed by atoms with Crippen molar-refractivity contribution in [2.24, 2.45) is 0 Å². The van der Waals surface area contributed by atoms with Crippen molar-refractivity contribution < 1.29 is 0 Å². The monoisotopic (exact) mass is 740 g/mol. The van der Waals surface area contributed by atoms with Crippen LogP contribution in [0.4, 0.5) is 17.1 Å². The highest BCUT2D eigenvalue weighted by Crippen LogP contribution is 2.40. The molecule has 1 aromatic heterocycles. The summed E-state index contributed by atoms with van der Waals surface area (Å²) in [6, 6.07) is 77.7. The molecule has 10 aromatic carbocycles. The van der Waals surface area contributed by atoms with Gasteiger partial charge in [0.05, 0.1) is 5.69 Å². The Morgan fingerprint density at radius 3 is 1.55 bits per heavy atom. The summed E-state index contributed by atoms with van der Waals surface area (Å²) < 4.78 is 0. The molecule has 4 heteroatoms. The number of hydrogen-bond donors (Lipinski definition) is 0. The van der Waals surface area contributed by atoms with E-state index >= 15 is 0 Å². The fourth-order valence-corrected chi connectivity index (χ4v) is 8.39. The molecule has 1 heterocycles. The van der Waals surface area contributed by atoms with Gasteiger partial charge in [0.15, 0.2) is 0 Å². The highest BCUT2D eigenvalue weighted by Gasteiger charge is 2.17. The highest BCUT2D eigenvalue weighted by atomic mass is 15.5. The minimum absolute atomic E-state index is 0.817. The van der Waals surface area contributed by atoms with Crippen LogP contribution in [0.25, 0.3) is 82.4 Å². The Kier molecular flexibility index (Phi) is 8.11. The van der Waals surface area contributed by atoms with E-state index < -0.39 is 0 Å². The van der Waals surface area contributed by atoms with Crippen LogP contribution in [-0.4, -0.2) is 15.0 Å². The van der Waals surface area contributed by atoms with Gasteiger partial charge in [0.1, 0.15) is 11.0 Å². The third kappa shape index (κ3) is 5.96. The van der Waals surface area contributed by atoms with Gasteiger partial charge in [-0.1, -0.05) is 158 Å². The van der Waals surface area contributed by atoms with Gasteiger partial charge in [0.2, 0.25) is 0 Å². The molecule has 0 spiro atoms. The van der Waals surface area contributed by atoms with Crippen LogP contribution in [-0.2, 0) is 0 Å². The highest BCUT2D eigenvalue weighted by molar-refractivity contribution is 6.21. The topological polar surface area (TPSA) is 34.0 Å². The molecule has 0 atom stereocenters. The first-order valence-corrected chi connectivity index (χ1v) is 19.7. The minimum atomic E-state index is 0.817. The molecule has 0 N–H and O–H groups in total. The van der Waals surface area contributed by atoms with Gasteiger partial charge in [-0.25, -0.2) is 0 Å². The molecular formula is C54H36N4. The van der Waals surface area contributed by atoms with Gasteiger partial charge in [-0.3, -0.25) is 0 Å². The molecule has 0 saturated heterocycles. The first-order valence-electron chi connectivity index (χ1n) is 19.7. The molecule has 0 radical (unpaired) electrons. The predicted molar refractivity (Wildman–Crippen MR) is 242 cm³/mol. The Bertz CT molecular complexity index is 3190. The molecule has 0 bridgehead atoms. The number of fused-ring (bicyclic) bond motifs is 6. The standard InChI is InChI=1S/C54H36N4/c1-3-13-37(14-4-1)41-18-11-20-44(33-41)57(45-21-12-19-42(34-45)38-15-5-2-6-16-38)46-30-32-53-54(35-46)56-58(55-53)43-28-25-40(26-29-43)51-36-52-47-22-8-7-17-39(47)27-31-50(52)48-23-9-10-24-49(48)51/h1-36H. The Morgan fingerprint density at radius 1 is 0.310 bits per heavy atom. The van der Waals surface area contributed by atoms with Gasteiger partial charge in [-0.2, -0.15) is 4.80 Å². The fraction of sp³-hybridized carbons (Fsp3) is 0. The molecule has 0 aliphatic carbocycles. The Hall–Kier alpha value is -7.82. The third-order valence-electron chi connectivity index (χ3n) is 11.2. The van der Waals surface area contributed by atoms with Gasteiger partial charge in [0, 0.05) is 17.1 Å². The van der Waals surface area contributed by atoms with E-state index in [9.17, 15) is 0 Å². The number of hydrogen-bond acceptors (Lipinski definition) is 3. The lowest BCUT2D eigenvalue weighted by atomic mass is 9.91. The van der Waals surface area contributed by atoms with Crippen LogP contribution in [0, 0.1) is 0 Å². The summed E-state index contributed by atoms with van der Waals surface area (Å²) in [6.07, 6.45) is 0. The van der Waals surface area contributed by atoms with Crippen LogP contribution in [0.3, 0.4) is 0 Å². The summed E-state index contributed by atoms with van der Waals surface area (Å²) in [4.78, 5) is 4.06. The van der Waals surface area contributed by atoms with Gasteiger partial charge in [0.25, 0.3) is 0 Å². The quantitative estimate of drug-likeness (QED) is 0.153. The van der Waals surface area contributed by atoms with E-state index in [1.807, 2.05) is 0 Å². The molecule has 0 unspecified atom stereocenters. The minimum Gasteiger partial charge on any atom is -0.310 e. The molecule has 0 amide bonds.